The second-order valence-electron chi connectivity index (χ2n) is 5.72. The zero-order chi connectivity index (χ0) is 11.3. The molecule has 0 aromatic carbocycles. The lowest BCUT2D eigenvalue weighted by atomic mass is 9.78. The minimum absolute atomic E-state index is 0.0287. The highest BCUT2D eigenvalue weighted by atomic mass is 16.3. The number of aliphatic hydroxyl groups excluding tert-OH is 1. The van der Waals surface area contributed by atoms with Crippen LogP contribution in [0, 0.1) is 17.8 Å². The van der Waals surface area contributed by atoms with Gasteiger partial charge in [-0.15, -0.1) is 0 Å². The molecule has 1 N–H and O–H groups in total. The summed E-state index contributed by atoms with van der Waals surface area (Å²) in [4.78, 5) is 0. The van der Waals surface area contributed by atoms with Crippen LogP contribution >= 0.6 is 0 Å². The van der Waals surface area contributed by atoms with E-state index >= 15 is 0 Å². The predicted octanol–water partition coefficient (Wildman–Crippen LogP) is 4.00. The second-order valence-corrected chi connectivity index (χ2v) is 5.72. The van der Waals surface area contributed by atoms with Gasteiger partial charge in [-0.2, -0.15) is 0 Å². The third-order valence-electron chi connectivity index (χ3n) is 4.03. The molecule has 0 amide bonds. The van der Waals surface area contributed by atoms with Crippen LogP contribution < -0.4 is 0 Å². The van der Waals surface area contributed by atoms with Gasteiger partial charge >= 0.3 is 0 Å². The fourth-order valence-electron chi connectivity index (χ4n) is 2.89. The topological polar surface area (TPSA) is 20.2 Å². The van der Waals surface area contributed by atoms with Crippen LogP contribution in [0.25, 0.3) is 0 Å². The third kappa shape index (κ3) is 4.55. The highest BCUT2D eigenvalue weighted by Gasteiger charge is 2.25. The average molecular weight is 212 g/mol. The summed E-state index contributed by atoms with van der Waals surface area (Å²) in [6.45, 7) is 6.84. The van der Waals surface area contributed by atoms with Gasteiger partial charge in [0.1, 0.15) is 0 Å². The van der Waals surface area contributed by atoms with Crippen LogP contribution in [0.5, 0.6) is 0 Å². The molecule has 15 heavy (non-hydrogen) atoms. The summed E-state index contributed by atoms with van der Waals surface area (Å²) in [5.41, 5.74) is 0. The highest BCUT2D eigenvalue weighted by Crippen LogP contribution is 2.32. The molecule has 1 fully saturated rings. The molecule has 0 aromatic rings. The minimum atomic E-state index is -0.0287. The molecular weight excluding hydrogens is 184 g/mol. The highest BCUT2D eigenvalue weighted by molar-refractivity contribution is 4.77. The average Bonchev–Trinajstić information content (AvgIpc) is 2.18. The number of hydrogen-bond donors (Lipinski definition) is 1. The smallest absolute Gasteiger partial charge is 0.0570 e. The van der Waals surface area contributed by atoms with E-state index in [0.717, 1.165) is 12.3 Å². The Morgan fingerprint density at radius 1 is 1.20 bits per heavy atom. The van der Waals surface area contributed by atoms with Crippen molar-refractivity contribution in [3.8, 4) is 0 Å². The Balaban J connectivity index is 2.24. The first-order chi connectivity index (χ1) is 7.13. The summed E-state index contributed by atoms with van der Waals surface area (Å²) >= 11 is 0. The van der Waals surface area contributed by atoms with Gasteiger partial charge in [-0.05, 0) is 37.0 Å². The summed E-state index contributed by atoms with van der Waals surface area (Å²) in [6, 6.07) is 0. The fourth-order valence-corrected chi connectivity index (χ4v) is 2.89. The molecule has 0 aliphatic heterocycles. The van der Waals surface area contributed by atoms with Crippen molar-refractivity contribution >= 4 is 0 Å². The van der Waals surface area contributed by atoms with Crippen LogP contribution in [0.15, 0.2) is 0 Å². The lowest BCUT2D eigenvalue weighted by molar-refractivity contribution is 0.0558. The molecular formula is C14H28O. The lowest BCUT2D eigenvalue weighted by Crippen LogP contribution is -2.26. The SMILES string of the molecule is CCCC(C)CC(O)C1CCC(C)CC1. The van der Waals surface area contributed by atoms with Gasteiger partial charge in [0, 0.05) is 0 Å². The van der Waals surface area contributed by atoms with Crippen molar-refractivity contribution in [2.75, 3.05) is 0 Å². The van der Waals surface area contributed by atoms with Crippen molar-refractivity contribution in [2.24, 2.45) is 17.8 Å². The van der Waals surface area contributed by atoms with Crippen LogP contribution in [0.3, 0.4) is 0 Å². The van der Waals surface area contributed by atoms with Gasteiger partial charge < -0.3 is 5.11 Å². The van der Waals surface area contributed by atoms with Gasteiger partial charge in [-0.1, -0.05) is 46.5 Å². The number of rotatable bonds is 5. The molecule has 1 saturated carbocycles. The van der Waals surface area contributed by atoms with E-state index in [9.17, 15) is 5.11 Å². The molecule has 0 saturated heterocycles. The molecule has 2 unspecified atom stereocenters. The molecule has 1 aliphatic carbocycles. The van der Waals surface area contributed by atoms with Crippen molar-refractivity contribution in [1.29, 1.82) is 0 Å². The van der Waals surface area contributed by atoms with Crippen LogP contribution in [-0.4, -0.2) is 11.2 Å². The van der Waals surface area contributed by atoms with Crippen LogP contribution in [0.1, 0.15) is 65.7 Å². The predicted molar refractivity (Wildman–Crippen MR) is 65.8 cm³/mol. The Morgan fingerprint density at radius 2 is 1.80 bits per heavy atom. The van der Waals surface area contributed by atoms with Gasteiger partial charge in [0.2, 0.25) is 0 Å². The molecule has 2 atom stereocenters. The van der Waals surface area contributed by atoms with E-state index in [2.05, 4.69) is 20.8 Å². The van der Waals surface area contributed by atoms with Gasteiger partial charge in [-0.25, -0.2) is 0 Å². The Bertz CT molecular complexity index is 159. The first kappa shape index (κ1) is 13.0. The Labute approximate surface area is 95.3 Å². The molecule has 0 bridgehead atoms. The van der Waals surface area contributed by atoms with E-state index in [1.165, 1.54) is 38.5 Å². The van der Waals surface area contributed by atoms with E-state index < -0.39 is 0 Å². The molecule has 1 heteroatoms. The number of aliphatic hydroxyl groups is 1. The van der Waals surface area contributed by atoms with Crippen LogP contribution in [0.2, 0.25) is 0 Å². The Kier molecular flexibility index (Phi) is 5.66. The summed E-state index contributed by atoms with van der Waals surface area (Å²) in [6.07, 6.45) is 8.65. The Hall–Kier alpha value is -0.0400. The van der Waals surface area contributed by atoms with Crippen molar-refractivity contribution < 1.29 is 5.11 Å². The first-order valence-corrected chi connectivity index (χ1v) is 6.81. The molecule has 0 aromatic heterocycles. The largest absolute Gasteiger partial charge is 0.393 e. The molecule has 1 aliphatic rings. The molecule has 0 spiro atoms. The fraction of sp³-hybridized carbons (Fsp3) is 1.00. The summed E-state index contributed by atoms with van der Waals surface area (Å²) in [5.74, 6) is 2.19. The van der Waals surface area contributed by atoms with Gasteiger partial charge in [-0.3, -0.25) is 0 Å². The van der Waals surface area contributed by atoms with E-state index in [1.54, 1.807) is 0 Å². The van der Waals surface area contributed by atoms with Crippen molar-refractivity contribution in [3.05, 3.63) is 0 Å². The summed E-state index contributed by atoms with van der Waals surface area (Å²) < 4.78 is 0. The van der Waals surface area contributed by atoms with Crippen molar-refractivity contribution in [2.45, 2.75) is 71.8 Å². The maximum atomic E-state index is 10.2. The van der Waals surface area contributed by atoms with E-state index in [0.29, 0.717) is 11.8 Å². The van der Waals surface area contributed by atoms with Gasteiger partial charge in [0.05, 0.1) is 6.10 Å². The monoisotopic (exact) mass is 212 g/mol. The molecule has 1 nitrogen and oxygen atoms in total. The van der Waals surface area contributed by atoms with E-state index in [-0.39, 0.29) is 6.10 Å². The second kappa shape index (κ2) is 6.52. The summed E-state index contributed by atoms with van der Waals surface area (Å²) in [5, 5.41) is 10.2. The third-order valence-corrected chi connectivity index (χ3v) is 4.03. The molecule has 0 radical (unpaired) electrons. The maximum absolute atomic E-state index is 10.2. The van der Waals surface area contributed by atoms with Crippen molar-refractivity contribution in [1.82, 2.24) is 0 Å². The normalized spacial score (nSPS) is 31.2. The van der Waals surface area contributed by atoms with Gasteiger partial charge in [0.25, 0.3) is 0 Å². The molecule has 1 rings (SSSR count). The minimum Gasteiger partial charge on any atom is -0.393 e. The zero-order valence-corrected chi connectivity index (χ0v) is 10.7. The van der Waals surface area contributed by atoms with Crippen molar-refractivity contribution in [3.63, 3.8) is 0 Å². The molecule has 0 heterocycles. The van der Waals surface area contributed by atoms with Crippen LogP contribution in [-0.2, 0) is 0 Å². The maximum Gasteiger partial charge on any atom is 0.0570 e. The summed E-state index contributed by atoms with van der Waals surface area (Å²) in [7, 11) is 0. The zero-order valence-electron chi connectivity index (χ0n) is 10.7. The number of hydrogen-bond acceptors (Lipinski definition) is 1. The molecule has 90 valence electrons. The lowest BCUT2D eigenvalue weighted by Gasteiger charge is -2.31. The quantitative estimate of drug-likeness (QED) is 0.730. The van der Waals surface area contributed by atoms with E-state index in [1.807, 2.05) is 0 Å². The Morgan fingerprint density at radius 3 is 2.33 bits per heavy atom. The standard InChI is InChI=1S/C14H28O/c1-4-5-12(3)10-14(15)13-8-6-11(2)7-9-13/h11-15H,4-10H2,1-3H3. The van der Waals surface area contributed by atoms with Crippen LogP contribution in [0.4, 0.5) is 0 Å². The van der Waals surface area contributed by atoms with Gasteiger partial charge in [0.15, 0.2) is 0 Å². The van der Waals surface area contributed by atoms with E-state index in [4.69, 9.17) is 0 Å². The first-order valence-electron chi connectivity index (χ1n) is 6.81.